The Labute approximate surface area is 142 Å². The highest BCUT2D eigenvalue weighted by atomic mass is 35.5. The summed E-state index contributed by atoms with van der Waals surface area (Å²) in [5.74, 6) is -0.496. The molecule has 0 aliphatic rings. The molecule has 0 aliphatic heterocycles. The van der Waals surface area contributed by atoms with Crippen molar-refractivity contribution in [2.45, 2.75) is 0 Å². The summed E-state index contributed by atoms with van der Waals surface area (Å²) in [6.07, 6.45) is 3.32. The molecule has 0 saturated heterocycles. The molecule has 7 heteroatoms. The molecule has 1 aromatic carbocycles. The van der Waals surface area contributed by atoms with Gasteiger partial charge in [0.2, 0.25) is 0 Å². The van der Waals surface area contributed by atoms with Crippen LogP contribution in [0, 0.1) is 0 Å². The fourth-order valence-corrected chi connectivity index (χ4v) is 2.40. The molecule has 5 nitrogen and oxygen atoms in total. The summed E-state index contributed by atoms with van der Waals surface area (Å²) in [6.45, 7) is 0. The second-order valence-corrected chi connectivity index (χ2v) is 5.47. The van der Waals surface area contributed by atoms with Crippen LogP contribution in [0.5, 0.6) is 0 Å². The summed E-state index contributed by atoms with van der Waals surface area (Å²) in [7, 11) is 1.32. The smallest absolute Gasteiger partial charge is 0.356 e. The topological polar surface area (TPSA) is 57.0 Å². The molecule has 0 amide bonds. The van der Waals surface area contributed by atoms with Gasteiger partial charge in [0.15, 0.2) is 5.69 Å². The fourth-order valence-electron chi connectivity index (χ4n) is 2.11. The van der Waals surface area contributed by atoms with E-state index >= 15 is 0 Å². The molecule has 0 bridgehead atoms. The Bertz CT molecular complexity index is 863. The first kappa shape index (κ1) is 15.5. The number of nitrogens with zero attached hydrogens (tertiary/aromatic N) is 3. The summed E-state index contributed by atoms with van der Waals surface area (Å²) in [5.41, 5.74) is 2.36. The van der Waals surface area contributed by atoms with Crippen molar-refractivity contribution in [3.05, 3.63) is 64.5 Å². The van der Waals surface area contributed by atoms with Gasteiger partial charge in [0.25, 0.3) is 0 Å². The van der Waals surface area contributed by atoms with Crippen LogP contribution in [0.15, 0.2) is 48.8 Å². The Kier molecular flexibility index (Phi) is 4.32. The zero-order valence-electron chi connectivity index (χ0n) is 12.0. The average molecular weight is 348 g/mol. The van der Waals surface area contributed by atoms with Crippen LogP contribution in [0.2, 0.25) is 10.0 Å². The first-order valence-corrected chi connectivity index (χ1v) is 7.40. The molecule has 0 saturated carbocycles. The number of carbonyl (C=O) groups excluding carboxylic acids is 1. The molecule has 0 N–H and O–H groups in total. The summed E-state index contributed by atoms with van der Waals surface area (Å²) in [6, 6.07) is 10.3. The van der Waals surface area contributed by atoms with Gasteiger partial charge in [0, 0.05) is 18.0 Å². The molecule has 0 aliphatic carbocycles. The van der Waals surface area contributed by atoms with E-state index in [1.807, 2.05) is 12.1 Å². The van der Waals surface area contributed by atoms with Crippen molar-refractivity contribution in [2.24, 2.45) is 0 Å². The van der Waals surface area contributed by atoms with Gasteiger partial charge < -0.3 is 4.74 Å². The highest BCUT2D eigenvalue weighted by Gasteiger charge is 2.18. The third-order valence-electron chi connectivity index (χ3n) is 3.23. The third-order valence-corrected chi connectivity index (χ3v) is 3.97. The van der Waals surface area contributed by atoms with E-state index in [2.05, 4.69) is 10.1 Å². The van der Waals surface area contributed by atoms with Crippen molar-refractivity contribution in [2.75, 3.05) is 7.11 Å². The molecule has 116 valence electrons. The van der Waals surface area contributed by atoms with Gasteiger partial charge in [0.05, 0.1) is 28.5 Å². The first-order valence-electron chi connectivity index (χ1n) is 6.64. The van der Waals surface area contributed by atoms with Gasteiger partial charge in [-0.05, 0) is 36.4 Å². The number of pyridine rings is 1. The van der Waals surface area contributed by atoms with E-state index in [4.69, 9.17) is 27.9 Å². The van der Waals surface area contributed by atoms with E-state index < -0.39 is 5.97 Å². The Balaban J connectivity index is 2.16. The lowest BCUT2D eigenvalue weighted by Crippen LogP contribution is -2.10. The molecular formula is C16H11Cl2N3O2. The van der Waals surface area contributed by atoms with Crippen LogP contribution in [-0.4, -0.2) is 27.8 Å². The highest BCUT2D eigenvalue weighted by Crippen LogP contribution is 2.27. The van der Waals surface area contributed by atoms with Crippen LogP contribution in [0.4, 0.5) is 0 Å². The molecular weight excluding hydrogens is 337 g/mol. The number of ether oxygens (including phenoxy) is 1. The Morgan fingerprint density at radius 3 is 2.48 bits per heavy atom. The van der Waals surface area contributed by atoms with Gasteiger partial charge in [-0.3, -0.25) is 4.98 Å². The van der Waals surface area contributed by atoms with E-state index in [1.165, 1.54) is 11.8 Å². The van der Waals surface area contributed by atoms with Gasteiger partial charge in [-0.1, -0.05) is 23.2 Å². The van der Waals surface area contributed by atoms with Crippen molar-refractivity contribution in [1.82, 2.24) is 14.8 Å². The van der Waals surface area contributed by atoms with Gasteiger partial charge in [-0.15, -0.1) is 0 Å². The maximum absolute atomic E-state index is 12.0. The largest absolute Gasteiger partial charge is 0.464 e. The standard InChI is InChI=1S/C16H11Cl2N3O2/c1-23-16(22)15-9-14(10-4-6-19-7-5-10)20-21(15)11-2-3-12(17)13(18)8-11/h2-9H,1H3. The summed E-state index contributed by atoms with van der Waals surface area (Å²) in [4.78, 5) is 16.0. The molecule has 2 heterocycles. The summed E-state index contributed by atoms with van der Waals surface area (Å²) < 4.78 is 6.31. The Hall–Kier alpha value is -2.37. The number of aromatic nitrogens is 3. The van der Waals surface area contributed by atoms with Crippen LogP contribution >= 0.6 is 23.2 Å². The van der Waals surface area contributed by atoms with Crippen LogP contribution in [-0.2, 0) is 4.74 Å². The van der Waals surface area contributed by atoms with Crippen LogP contribution < -0.4 is 0 Å². The zero-order chi connectivity index (χ0) is 16.4. The van der Waals surface area contributed by atoms with Gasteiger partial charge >= 0.3 is 5.97 Å². The molecule has 23 heavy (non-hydrogen) atoms. The van der Waals surface area contributed by atoms with Crippen molar-refractivity contribution in [3.8, 4) is 16.9 Å². The highest BCUT2D eigenvalue weighted by molar-refractivity contribution is 6.42. The van der Waals surface area contributed by atoms with Crippen LogP contribution in [0.3, 0.4) is 0 Å². The average Bonchev–Trinajstić information content (AvgIpc) is 3.03. The molecule has 3 rings (SSSR count). The number of benzene rings is 1. The minimum atomic E-state index is -0.496. The minimum absolute atomic E-state index is 0.290. The molecule has 0 spiro atoms. The molecule has 0 atom stereocenters. The second-order valence-electron chi connectivity index (χ2n) is 4.65. The lowest BCUT2D eigenvalue weighted by molar-refractivity contribution is 0.0590. The SMILES string of the molecule is COC(=O)c1cc(-c2ccncc2)nn1-c1ccc(Cl)c(Cl)c1. The predicted octanol–water partition coefficient (Wildman–Crippen LogP) is 4.03. The number of methoxy groups -OCH3 is 1. The Morgan fingerprint density at radius 1 is 1.09 bits per heavy atom. The quantitative estimate of drug-likeness (QED) is 0.671. The van der Waals surface area contributed by atoms with Crippen molar-refractivity contribution in [3.63, 3.8) is 0 Å². The summed E-state index contributed by atoms with van der Waals surface area (Å²) in [5, 5.41) is 5.28. The minimum Gasteiger partial charge on any atom is -0.464 e. The number of hydrogen-bond acceptors (Lipinski definition) is 4. The third kappa shape index (κ3) is 3.06. The maximum Gasteiger partial charge on any atom is 0.356 e. The lowest BCUT2D eigenvalue weighted by atomic mass is 10.2. The van der Waals surface area contributed by atoms with E-state index in [0.29, 0.717) is 21.4 Å². The first-order chi connectivity index (χ1) is 11.1. The Morgan fingerprint density at radius 2 is 1.83 bits per heavy atom. The van der Waals surface area contributed by atoms with Crippen molar-refractivity contribution >= 4 is 29.2 Å². The van der Waals surface area contributed by atoms with E-state index in [-0.39, 0.29) is 5.69 Å². The number of esters is 1. The monoisotopic (exact) mass is 347 g/mol. The van der Waals surface area contributed by atoms with Crippen LogP contribution in [0.25, 0.3) is 16.9 Å². The predicted molar refractivity (Wildman–Crippen MR) is 88.2 cm³/mol. The zero-order valence-corrected chi connectivity index (χ0v) is 13.5. The molecule has 0 unspecified atom stereocenters. The number of rotatable bonds is 3. The molecule has 0 fully saturated rings. The normalized spacial score (nSPS) is 10.6. The number of hydrogen-bond donors (Lipinski definition) is 0. The fraction of sp³-hybridized carbons (Fsp3) is 0.0625. The van der Waals surface area contributed by atoms with Crippen molar-refractivity contribution < 1.29 is 9.53 Å². The molecule has 3 aromatic rings. The van der Waals surface area contributed by atoms with Gasteiger partial charge in [-0.2, -0.15) is 5.10 Å². The summed E-state index contributed by atoms with van der Waals surface area (Å²) >= 11 is 12.0. The van der Waals surface area contributed by atoms with E-state index in [0.717, 1.165) is 5.56 Å². The second kappa shape index (κ2) is 6.40. The molecule has 0 radical (unpaired) electrons. The number of halogens is 2. The van der Waals surface area contributed by atoms with Gasteiger partial charge in [-0.25, -0.2) is 9.48 Å². The lowest BCUT2D eigenvalue weighted by Gasteiger charge is -2.07. The van der Waals surface area contributed by atoms with Crippen molar-refractivity contribution in [1.29, 1.82) is 0 Å². The maximum atomic E-state index is 12.0. The van der Waals surface area contributed by atoms with Gasteiger partial charge in [0.1, 0.15) is 0 Å². The van der Waals surface area contributed by atoms with E-state index in [9.17, 15) is 4.79 Å². The number of carbonyl (C=O) groups is 1. The van der Waals surface area contributed by atoms with E-state index in [1.54, 1.807) is 36.7 Å². The molecule has 2 aromatic heterocycles. The van der Waals surface area contributed by atoms with Crippen LogP contribution in [0.1, 0.15) is 10.5 Å².